The maximum absolute atomic E-state index is 13.6. The molecule has 1 aromatic rings. The third kappa shape index (κ3) is 2.45. The second kappa shape index (κ2) is 5.45. The summed E-state index contributed by atoms with van der Waals surface area (Å²) in [5, 5.41) is 0. The van der Waals surface area contributed by atoms with Crippen LogP contribution in [0.4, 0.5) is 22.0 Å². The summed E-state index contributed by atoms with van der Waals surface area (Å²) in [6, 6.07) is -1.16. The average Bonchev–Trinajstić information content (AvgIpc) is 2.44. The molecule has 0 bridgehead atoms. The molecule has 6 heteroatoms. The van der Waals surface area contributed by atoms with Gasteiger partial charge in [0.2, 0.25) is 5.82 Å². The summed E-state index contributed by atoms with van der Waals surface area (Å²) in [6.07, 6.45) is 3.99. The molecule has 0 radical (unpaired) electrons. The van der Waals surface area contributed by atoms with Crippen molar-refractivity contribution in [1.29, 1.82) is 0 Å². The molecule has 1 aliphatic carbocycles. The Kier molecular flexibility index (Phi) is 4.08. The van der Waals surface area contributed by atoms with Gasteiger partial charge in [-0.15, -0.1) is 0 Å². The van der Waals surface area contributed by atoms with Crippen LogP contribution >= 0.6 is 0 Å². The van der Waals surface area contributed by atoms with Gasteiger partial charge in [-0.05, 0) is 18.8 Å². The van der Waals surface area contributed by atoms with E-state index in [9.17, 15) is 22.0 Å². The molecular formula is C13H14F5N. The van der Waals surface area contributed by atoms with Gasteiger partial charge in [0.05, 0.1) is 0 Å². The quantitative estimate of drug-likeness (QED) is 0.495. The Balaban J connectivity index is 2.43. The number of hydrogen-bond donors (Lipinski definition) is 1. The molecule has 0 aliphatic heterocycles. The minimum absolute atomic E-state index is 0.248. The Labute approximate surface area is 107 Å². The molecule has 19 heavy (non-hydrogen) atoms. The average molecular weight is 279 g/mol. The van der Waals surface area contributed by atoms with Crippen LogP contribution in [0.3, 0.4) is 0 Å². The molecule has 106 valence electrons. The molecule has 0 aromatic heterocycles. The SMILES string of the molecule is NC(c1c(F)c(F)c(F)c(F)c1F)C1CCCCC1. The van der Waals surface area contributed by atoms with Crippen LogP contribution in [0.15, 0.2) is 0 Å². The zero-order chi connectivity index (χ0) is 14.2. The Morgan fingerprint density at radius 3 is 1.63 bits per heavy atom. The van der Waals surface area contributed by atoms with Crippen molar-refractivity contribution < 1.29 is 22.0 Å². The van der Waals surface area contributed by atoms with Crippen LogP contribution in [0.25, 0.3) is 0 Å². The topological polar surface area (TPSA) is 26.0 Å². The number of benzene rings is 1. The summed E-state index contributed by atoms with van der Waals surface area (Å²) in [4.78, 5) is 0. The van der Waals surface area contributed by atoms with Gasteiger partial charge in [0, 0.05) is 11.6 Å². The molecule has 1 saturated carbocycles. The molecule has 1 aliphatic rings. The van der Waals surface area contributed by atoms with Crippen LogP contribution in [0, 0.1) is 35.0 Å². The molecule has 1 aromatic carbocycles. The minimum atomic E-state index is -2.14. The smallest absolute Gasteiger partial charge is 0.200 e. The monoisotopic (exact) mass is 279 g/mol. The molecule has 1 nitrogen and oxygen atoms in total. The van der Waals surface area contributed by atoms with Crippen LogP contribution in [-0.4, -0.2) is 0 Å². The van der Waals surface area contributed by atoms with Crippen LogP contribution in [0.5, 0.6) is 0 Å². The van der Waals surface area contributed by atoms with Crippen LogP contribution in [-0.2, 0) is 0 Å². The highest BCUT2D eigenvalue weighted by molar-refractivity contribution is 5.27. The largest absolute Gasteiger partial charge is 0.324 e. The summed E-state index contributed by atoms with van der Waals surface area (Å²) >= 11 is 0. The van der Waals surface area contributed by atoms with Gasteiger partial charge in [0.15, 0.2) is 23.3 Å². The molecule has 1 unspecified atom stereocenters. The summed E-state index contributed by atoms with van der Waals surface area (Å²) in [7, 11) is 0. The molecule has 0 heterocycles. The zero-order valence-electron chi connectivity index (χ0n) is 10.2. The van der Waals surface area contributed by atoms with Gasteiger partial charge in [-0.1, -0.05) is 19.3 Å². The molecule has 2 rings (SSSR count). The third-order valence-corrected chi connectivity index (χ3v) is 3.73. The van der Waals surface area contributed by atoms with Gasteiger partial charge < -0.3 is 5.73 Å². The van der Waals surface area contributed by atoms with Gasteiger partial charge in [-0.25, -0.2) is 22.0 Å². The fraction of sp³-hybridized carbons (Fsp3) is 0.538. The first-order valence-corrected chi connectivity index (χ1v) is 6.22. The van der Waals surface area contributed by atoms with Gasteiger partial charge in [0.25, 0.3) is 0 Å². The summed E-state index contributed by atoms with van der Waals surface area (Å²) < 4.78 is 66.4. The normalized spacial score (nSPS) is 18.6. The van der Waals surface area contributed by atoms with Crippen molar-refractivity contribution in [2.45, 2.75) is 38.1 Å². The van der Waals surface area contributed by atoms with Gasteiger partial charge in [0.1, 0.15) is 0 Å². The number of halogens is 5. The van der Waals surface area contributed by atoms with E-state index in [1.165, 1.54) is 0 Å². The van der Waals surface area contributed by atoms with Crippen molar-refractivity contribution in [1.82, 2.24) is 0 Å². The third-order valence-electron chi connectivity index (χ3n) is 3.73. The first-order chi connectivity index (χ1) is 8.95. The number of hydrogen-bond acceptors (Lipinski definition) is 1. The van der Waals surface area contributed by atoms with Gasteiger partial charge in [-0.2, -0.15) is 0 Å². The fourth-order valence-electron chi connectivity index (χ4n) is 2.64. The van der Waals surface area contributed by atoms with Crippen molar-refractivity contribution in [3.63, 3.8) is 0 Å². The summed E-state index contributed by atoms with van der Waals surface area (Å²) in [5.74, 6) is -9.87. The van der Waals surface area contributed by atoms with Crippen LogP contribution in [0.2, 0.25) is 0 Å². The highest BCUT2D eigenvalue weighted by atomic mass is 19.2. The molecule has 1 fully saturated rings. The molecular weight excluding hydrogens is 265 g/mol. The lowest BCUT2D eigenvalue weighted by Gasteiger charge is -2.28. The second-order valence-electron chi connectivity index (χ2n) is 4.91. The van der Waals surface area contributed by atoms with Crippen molar-refractivity contribution in [3.05, 3.63) is 34.6 Å². The molecule has 0 saturated heterocycles. The highest BCUT2D eigenvalue weighted by Crippen LogP contribution is 2.36. The predicted octanol–water partition coefficient (Wildman–Crippen LogP) is 3.96. The summed E-state index contributed by atoms with van der Waals surface area (Å²) in [6.45, 7) is 0. The van der Waals surface area contributed by atoms with Crippen LogP contribution < -0.4 is 5.73 Å². The van der Waals surface area contributed by atoms with Crippen molar-refractivity contribution in [2.24, 2.45) is 11.7 Å². The first kappa shape index (κ1) is 14.2. The van der Waals surface area contributed by atoms with E-state index in [4.69, 9.17) is 5.73 Å². The highest BCUT2D eigenvalue weighted by Gasteiger charge is 2.32. The van der Waals surface area contributed by atoms with E-state index >= 15 is 0 Å². The lowest BCUT2D eigenvalue weighted by molar-refractivity contribution is 0.287. The van der Waals surface area contributed by atoms with E-state index in [2.05, 4.69) is 0 Å². The standard InChI is InChI=1S/C13H14F5N/c14-8-7(9(15)11(17)12(18)10(8)16)13(19)6-4-2-1-3-5-6/h6,13H,1-5,19H2. The van der Waals surface area contributed by atoms with E-state index in [0.717, 1.165) is 19.3 Å². The Morgan fingerprint density at radius 1 is 0.737 bits per heavy atom. The van der Waals surface area contributed by atoms with Crippen molar-refractivity contribution >= 4 is 0 Å². The maximum atomic E-state index is 13.6. The van der Waals surface area contributed by atoms with Crippen molar-refractivity contribution in [3.8, 4) is 0 Å². The minimum Gasteiger partial charge on any atom is -0.324 e. The first-order valence-electron chi connectivity index (χ1n) is 6.22. The molecule has 0 amide bonds. The second-order valence-corrected chi connectivity index (χ2v) is 4.91. The Morgan fingerprint density at radius 2 is 1.16 bits per heavy atom. The number of rotatable bonds is 2. The van der Waals surface area contributed by atoms with Gasteiger partial charge in [-0.3, -0.25) is 0 Å². The van der Waals surface area contributed by atoms with E-state index < -0.39 is 40.7 Å². The van der Waals surface area contributed by atoms with Crippen LogP contribution in [0.1, 0.15) is 43.7 Å². The van der Waals surface area contributed by atoms with Gasteiger partial charge >= 0.3 is 0 Å². The molecule has 2 N–H and O–H groups in total. The zero-order valence-corrected chi connectivity index (χ0v) is 10.2. The van der Waals surface area contributed by atoms with E-state index in [0.29, 0.717) is 12.8 Å². The summed E-state index contributed by atoms with van der Waals surface area (Å²) in [5.41, 5.74) is 4.84. The Bertz CT molecular complexity index is 453. The van der Waals surface area contributed by atoms with E-state index in [-0.39, 0.29) is 5.92 Å². The molecule has 1 atom stereocenters. The predicted molar refractivity (Wildman–Crippen MR) is 59.7 cm³/mol. The van der Waals surface area contributed by atoms with E-state index in [1.54, 1.807) is 0 Å². The fourth-order valence-corrected chi connectivity index (χ4v) is 2.64. The lowest BCUT2D eigenvalue weighted by atomic mass is 9.81. The van der Waals surface area contributed by atoms with E-state index in [1.807, 2.05) is 0 Å². The maximum Gasteiger partial charge on any atom is 0.200 e. The van der Waals surface area contributed by atoms with Crippen molar-refractivity contribution in [2.75, 3.05) is 0 Å². The molecule has 0 spiro atoms. The Hall–Kier alpha value is -1.17. The number of nitrogens with two attached hydrogens (primary N) is 1. The lowest BCUT2D eigenvalue weighted by Crippen LogP contribution is -2.27.